The van der Waals surface area contributed by atoms with Crippen LogP contribution >= 0.6 is 0 Å². The van der Waals surface area contributed by atoms with Crippen LogP contribution in [0.5, 0.6) is 0 Å². The largest absolute Gasteiger partial charge is 0.340 e. The molecule has 6 rings (SSSR count). The Labute approximate surface area is 190 Å². The molecule has 0 spiro atoms. The third-order valence-electron chi connectivity index (χ3n) is 7.79. The molecule has 1 aliphatic carbocycles. The van der Waals surface area contributed by atoms with Gasteiger partial charge in [0.1, 0.15) is 0 Å². The highest BCUT2D eigenvalue weighted by molar-refractivity contribution is 5.88. The van der Waals surface area contributed by atoms with E-state index in [-0.39, 0.29) is 6.04 Å². The van der Waals surface area contributed by atoms with Gasteiger partial charge in [-0.15, -0.1) is 0 Å². The fraction of sp³-hybridized carbons (Fsp3) is 0.444. The van der Waals surface area contributed by atoms with E-state index in [1.54, 1.807) is 0 Å². The first kappa shape index (κ1) is 20.0. The van der Waals surface area contributed by atoms with Crippen LogP contribution in [-0.4, -0.2) is 58.5 Å². The van der Waals surface area contributed by atoms with Gasteiger partial charge in [-0.2, -0.15) is 0 Å². The van der Waals surface area contributed by atoms with Crippen molar-refractivity contribution in [3.8, 4) is 5.69 Å². The highest BCUT2D eigenvalue weighted by Gasteiger charge is 2.31. The lowest BCUT2D eigenvalue weighted by atomic mass is 9.91. The van der Waals surface area contributed by atoms with E-state index in [1.807, 2.05) is 0 Å². The summed E-state index contributed by atoms with van der Waals surface area (Å²) in [6.45, 7) is 4.67. The number of benzene rings is 2. The van der Waals surface area contributed by atoms with Crippen LogP contribution in [0.2, 0.25) is 0 Å². The molecular formula is C27H32N4O. The van der Waals surface area contributed by atoms with Crippen molar-refractivity contribution in [2.24, 2.45) is 0 Å². The molecule has 0 bridgehead atoms. The van der Waals surface area contributed by atoms with E-state index in [1.165, 1.54) is 47.1 Å². The molecule has 0 radical (unpaired) electrons. The Balaban J connectivity index is 1.18. The van der Waals surface area contributed by atoms with Gasteiger partial charge in [-0.3, -0.25) is 9.69 Å². The van der Waals surface area contributed by atoms with Crippen LogP contribution in [0.1, 0.15) is 36.9 Å². The summed E-state index contributed by atoms with van der Waals surface area (Å²) in [6, 6.07) is 20.3. The summed E-state index contributed by atoms with van der Waals surface area (Å²) in [5, 5.41) is 5.00. The van der Waals surface area contributed by atoms with E-state index in [9.17, 15) is 4.79 Å². The maximum absolute atomic E-state index is 13.1. The van der Waals surface area contributed by atoms with Crippen LogP contribution in [0.25, 0.3) is 16.6 Å². The maximum Gasteiger partial charge on any atom is 0.224 e. The Morgan fingerprint density at radius 3 is 2.44 bits per heavy atom. The highest BCUT2D eigenvalue weighted by Crippen LogP contribution is 2.33. The minimum atomic E-state index is 0.203. The monoisotopic (exact) mass is 428 g/mol. The molecule has 32 heavy (non-hydrogen) atoms. The predicted molar refractivity (Wildman–Crippen MR) is 128 cm³/mol. The van der Waals surface area contributed by atoms with Gasteiger partial charge in [-0.25, -0.2) is 0 Å². The highest BCUT2D eigenvalue weighted by atomic mass is 16.2. The Morgan fingerprint density at radius 2 is 1.69 bits per heavy atom. The fourth-order valence-electron chi connectivity index (χ4n) is 5.78. The summed E-state index contributed by atoms with van der Waals surface area (Å²) >= 11 is 0. The van der Waals surface area contributed by atoms with Crippen molar-refractivity contribution in [3.63, 3.8) is 0 Å². The number of fused-ring (bicyclic) bond motifs is 3. The summed E-state index contributed by atoms with van der Waals surface area (Å²) in [5.74, 6) is 0.311. The van der Waals surface area contributed by atoms with Crippen molar-refractivity contribution < 1.29 is 4.79 Å². The second-order valence-corrected chi connectivity index (χ2v) is 9.60. The minimum absolute atomic E-state index is 0.203. The van der Waals surface area contributed by atoms with Gasteiger partial charge in [0.05, 0.1) is 5.52 Å². The SMILES string of the molecule is O=C(CC1Cc2c(n(-c3ccccc3)c3ccccc23)CN1)N1CCN(C2CCC2)CC1. The van der Waals surface area contributed by atoms with E-state index < -0.39 is 0 Å². The van der Waals surface area contributed by atoms with E-state index in [0.29, 0.717) is 12.3 Å². The van der Waals surface area contributed by atoms with Crippen molar-refractivity contribution in [3.05, 3.63) is 65.9 Å². The van der Waals surface area contributed by atoms with E-state index in [2.05, 4.69) is 74.3 Å². The van der Waals surface area contributed by atoms with Crippen molar-refractivity contribution in [2.45, 2.75) is 50.7 Å². The van der Waals surface area contributed by atoms with Gasteiger partial charge in [0.15, 0.2) is 0 Å². The van der Waals surface area contributed by atoms with E-state index >= 15 is 0 Å². The molecule has 2 fully saturated rings. The van der Waals surface area contributed by atoms with Gasteiger partial charge in [0, 0.05) is 68.0 Å². The summed E-state index contributed by atoms with van der Waals surface area (Å²) < 4.78 is 2.38. The molecule has 1 atom stereocenters. The lowest BCUT2D eigenvalue weighted by Gasteiger charge is -2.43. The van der Waals surface area contributed by atoms with E-state index in [4.69, 9.17) is 0 Å². The van der Waals surface area contributed by atoms with Gasteiger partial charge in [-0.05, 0) is 43.0 Å². The van der Waals surface area contributed by atoms with Gasteiger partial charge < -0.3 is 14.8 Å². The third kappa shape index (κ3) is 3.54. The van der Waals surface area contributed by atoms with E-state index in [0.717, 1.165) is 45.2 Å². The number of aromatic nitrogens is 1. The minimum Gasteiger partial charge on any atom is -0.340 e. The summed E-state index contributed by atoms with van der Waals surface area (Å²) in [6.07, 6.45) is 5.56. The van der Waals surface area contributed by atoms with Gasteiger partial charge in [-0.1, -0.05) is 42.8 Å². The van der Waals surface area contributed by atoms with Gasteiger partial charge in [0.25, 0.3) is 0 Å². The average Bonchev–Trinajstić information content (AvgIpc) is 3.13. The normalized spacial score (nSPS) is 22.0. The van der Waals surface area contributed by atoms with Gasteiger partial charge in [0.2, 0.25) is 5.91 Å². The number of hydrogen-bond donors (Lipinski definition) is 1. The summed E-state index contributed by atoms with van der Waals surface area (Å²) in [5.41, 5.74) is 5.18. The van der Waals surface area contributed by atoms with Crippen LogP contribution < -0.4 is 5.32 Å². The Morgan fingerprint density at radius 1 is 0.938 bits per heavy atom. The number of carbonyl (C=O) groups is 1. The Bertz CT molecular complexity index is 1110. The molecule has 5 heteroatoms. The van der Waals surface area contributed by atoms with Crippen LogP contribution in [0.4, 0.5) is 0 Å². The molecular weight excluding hydrogens is 396 g/mol. The van der Waals surface area contributed by atoms with Crippen LogP contribution in [0, 0.1) is 0 Å². The molecule has 5 nitrogen and oxygen atoms in total. The average molecular weight is 429 g/mol. The smallest absolute Gasteiger partial charge is 0.224 e. The maximum atomic E-state index is 13.1. The number of amides is 1. The number of nitrogens with zero attached hydrogens (tertiary/aromatic N) is 3. The molecule has 1 N–H and O–H groups in total. The zero-order valence-electron chi connectivity index (χ0n) is 18.7. The number of rotatable bonds is 4. The molecule has 3 aliphatic rings. The van der Waals surface area contributed by atoms with Gasteiger partial charge >= 0.3 is 0 Å². The molecule has 3 aromatic rings. The van der Waals surface area contributed by atoms with Crippen molar-refractivity contribution >= 4 is 16.8 Å². The number of hydrogen-bond acceptors (Lipinski definition) is 3. The Hall–Kier alpha value is -2.63. The predicted octanol–water partition coefficient (Wildman–Crippen LogP) is 3.73. The van der Waals surface area contributed by atoms with Crippen LogP contribution in [0.15, 0.2) is 54.6 Å². The van der Waals surface area contributed by atoms with Crippen molar-refractivity contribution in [2.75, 3.05) is 26.2 Å². The molecule has 166 valence electrons. The lowest BCUT2D eigenvalue weighted by Crippen LogP contribution is -2.54. The van der Waals surface area contributed by atoms with Crippen LogP contribution in [-0.2, 0) is 17.8 Å². The fourth-order valence-corrected chi connectivity index (χ4v) is 5.78. The molecule has 1 aromatic heterocycles. The van der Waals surface area contributed by atoms with Crippen molar-refractivity contribution in [1.29, 1.82) is 0 Å². The molecule has 3 heterocycles. The topological polar surface area (TPSA) is 40.5 Å². The number of para-hydroxylation sites is 2. The third-order valence-corrected chi connectivity index (χ3v) is 7.79. The second-order valence-electron chi connectivity index (χ2n) is 9.60. The molecule has 1 amide bonds. The molecule has 1 saturated carbocycles. The Kier molecular flexibility index (Phi) is 5.24. The zero-order chi connectivity index (χ0) is 21.5. The van der Waals surface area contributed by atoms with Crippen molar-refractivity contribution in [1.82, 2.24) is 19.7 Å². The first-order valence-corrected chi connectivity index (χ1v) is 12.2. The number of nitrogens with one attached hydrogen (secondary N) is 1. The summed E-state index contributed by atoms with van der Waals surface area (Å²) in [7, 11) is 0. The first-order valence-electron chi connectivity index (χ1n) is 12.2. The standard InChI is InChI=1S/C27H32N4O/c32-27(30-15-13-29(14-16-30)21-9-6-10-21)18-20-17-24-23-11-4-5-12-25(23)31(26(24)19-28-20)22-7-2-1-3-8-22/h1-5,7-8,11-12,20-21,28H,6,9-10,13-19H2. The molecule has 2 aromatic carbocycles. The second kappa shape index (κ2) is 8.38. The van der Waals surface area contributed by atoms with Crippen LogP contribution in [0.3, 0.4) is 0 Å². The number of piperazine rings is 1. The molecule has 1 saturated heterocycles. The lowest BCUT2D eigenvalue weighted by molar-refractivity contribution is -0.134. The zero-order valence-corrected chi connectivity index (χ0v) is 18.7. The summed E-state index contributed by atoms with van der Waals surface area (Å²) in [4.78, 5) is 17.8. The molecule has 1 unspecified atom stereocenters. The first-order chi connectivity index (χ1) is 15.8. The molecule has 2 aliphatic heterocycles. The quantitative estimate of drug-likeness (QED) is 0.688. The number of carbonyl (C=O) groups excluding carboxylic acids is 1.